The summed E-state index contributed by atoms with van der Waals surface area (Å²) in [6.45, 7) is 0.694. The topological polar surface area (TPSA) is 92.1 Å². The SMILES string of the molecule is NC(=O)C[C@H]1C[C@@H](Cc2cnc[nH]2)C[C@@H](C[C@H]2CCC(=O)N2Cc2ccccc2)C1. The fraction of sp³-hybridized carbons (Fsp3) is 0.542. The summed E-state index contributed by atoms with van der Waals surface area (Å²) in [5.41, 5.74) is 7.87. The maximum atomic E-state index is 12.6. The lowest BCUT2D eigenvalue weighted by molar-refractivity contribution is -0.129. The average Bonchev–Trinajstić information content (AvgIpc) is 3.33. The Morgan fingerprint density at radius 1 is 1.13 bits per heavy atom. The predicted molar refractivity (Wildman–Crippen MR) is 115 cm³/mol. The van der Waals surface area contributed by atoms with Crippen molar-refractivity contribution in [2.24, 2.45) is 23.5 Å². The van der Waals surface area contributed by atoms with Crippen LogP contribution in [0.1, 0.15) is 56.2 Å². The monoisotopic (exact) mass is 408 g/mol. The number of aromatic amines is 1. The minimum atomic E-state index is -0.206. The summed E-state index contributed by atoms with van der Waals surface area (Å²) in [5, 5.41) is 0. The number of hydrogen-bond donors (Lipinski definition) is 2. The van der Waals surface area contributed by atoms with Crippen molar-refractivity contribution in [3.8, 4) is 0 Å². The zero-order valence-corrected chi connectivity index (χ0v) is 17.5. The van der Waals surface area contributed by atoms with Crippen molar-refractivity contribution in [3.05, 3.63) is 54.1 Å². The number of aromatic nitrogens is 2. The van der Waals surface area contributed by atoms with Crippen molar-refractivity contribution < 1.29 is 9.59 Å². The fourth-order valence-corrected chi connectivity index (χ4v) is 5.64. The summed E-state index contributed by atoms with van der Waals surface area (Å²) in [6.07, 6.45) is 10.9. The Morgan fingerprint density at radius 3 is 2.63 bits per heavy atom. The molecule has 1 saturated heterocycles. The normalized spacial score (nSPS) is 26.8. The van der Waals surface area contributed by atoms with Gasteiger partial charge in [-0.25, -0.2) is 4.98 Å². The molecule has 1 aromatic heterocycles. The zero-order chi connectivity index (χ0) is 20.9. The Kier molecular flexibility index (Phi) is 6.50. The van der Waals surface area contributed by atoms with Gasteiger partial charge in [0, 0.05) is 37.3 Å². The van der Waals surface area contributed by atoms with E-state index in [-0.39, 0.29) is 11.8 Å². The van der Waals surface area contributed by atoms with Gasteiger partial charge in [-0.1, -0.05) is 30.3 Å². The van der Waals surface area contributed by atoms with Gasteiger partial charge in [0.15, 0.2) is 0 Å². The van der Waals surface area contributed by atoms with Crippen LogP contribution in [0.25, 0.3) is 0 Å². The van der Waals surface area contributed by atoms with E-state index >= 15 is 0 Å². The lowest BCUT2D eigenvalue weighted by Gasteiger charge is -2.37. The molecule has 160 valence electrons. The number of rotatable bonds is 8. The Balaban J connectivity index is 1.42. The number of likely N-dealkylation sites (tertiary alicyclic amines) is 1. The molecule has 2 aliphatic rings. The molecular weight excluding hydrogens is 376 g/mol. The molecule has 3 N–H and O–H groups in total. The second-order valence-corrected chi connectivity index (χ2v) is 9.19. The van der Waals surface area contributed by atoms with Crippen LogP contribution in [0.4, 0.5) is 0 Å². The molecule has 6 heteroatoms. The van der Waals surface area contributed by atoms with Crippen LogP contribution in [0.2, 0.25) is 0 Å². The number of nitrogens with zero attached hydrogens (tertiary/aromatic N) is 2. The second-order valence-electron chi connectivity index (χ2n) is 9.19. The van der Waals surface area contributed by atoms with Gasteiger partial charge in [-0.15, -0.1) is 0 Å². The molecule has 2 amide bonds. The van der Waals surface area contributed by atoms with Crippen molar-refractivity contribution in [1.29, 1.82) is 0 Å². The van der Waals surface area contributed by atoms with Gasteiger partial charge in [-0.05, 0) is 61.8 Å². The van der Waals surface area contributed by atoms with E-state index in [1.54, 1.807) is 6.33 Å². The van der Waals surface area contributed by atoms with E-state index in [4.69, 9.17) is 5.73 Å². The van der Waals surface area contributed by atoms with Crippen molar-refractivity contribution in [2.75, 3.05) is 0 Å². The highest BCUT2D eigenvalue weighted by Gasteiger charge is 2.36. The fourth-order valence-electron chi connectivity index (χ4n) is 5.64. The first-order valence-electron chi connectivity index (χ1n) is 11.2. The minimum Gasteiger partial charge on any atom is -0.370 e. The van der Waals surface area contributed by atoms with Crippen molar-refractivity contribution >= 4 is 11.8 Å². The van der Waals surface area contributed by atoms with E-state index < -0.39 is 0 Å². The third-order valence-corrected chi connectivity index (χ3v) is 6.81. The summed E-state index contributed by atoms with van der Waals surface area (Å²) in [5.74, 6) is 1.44. The highest BCUT2D eigenvalue weighted by molar-refractivity contribution is 5.78. The van der Waals surface area contributed by atoms with Crippen molar-refractivity contribution in [1.82, 2.24) is 14.9 Å². The molecule has 1 aliphatic heterocycles. The first kappa shape index (κ1) is 20.6. The summed E-state index contributed by atoms with van der Waals surface area (Å²) >= 11 is 0. The number of nitrogens with one attached hydrogen (secondary N) is 1. The molecule has 0 unspecified atom stereocenters. The molecule has 2 fully saturated rings. The highest BCUT2D eigenvalue weighted by Crippen LogP contribution is 2.40. The maximum Gasteiger partial charge on any atom is 0.223 e. The number of hydrogen-bond acceptors (Lipinski definition) is 3. The van der Waals surface area contributed by atoms with E-state index in [1.165, 1.54) is 5.56 Å². The number of carbonyl (C=O) groups is 2. The molecule has 1 saturated carbocycles. The zero-order valence-electron chi connectivity index (χ0n) is 17.5. The molecule has 1 aliphatic carbocycles. The van der Waals surface area contributed by atoms with Gasteiger partial charge in [0.2, 0.25) is 11.8 Å². The number of benzene rings is 1. The number of primary amides is 1. The van der Waals surface area contributed by atoms with Gasteiger partial charge in [0.25, 0.3) is 0 Å². The van der Waals surface area contributed by atoms with Crippen LogP contribution in [-0.4, -0.2) is 32.7 Å². The van der Waals surface area contributed by atoms with Crippen LogP contribution in [0.5, 0.6) is 0 Å². The number of carbonyl (C=O) groups excluding carboxylic acids is 2. The molecule has 4 rings (SSSR count). The Hall–Kier alpha value is -2.63. The van der Waals surface area contributed by atoms with E-state index in [1.807, 2.05) is 24.4 Å². The standard InChI is InChI=1S/C24H32N4O2/c25-23(29)13-20-9-18(11-21-14-26-16-27-21)8-19(10-20)12-22-6-7-24(30)28(22)15-17-4-2-1-3-5-17/h1-5,14,16,18-20,22H,6-13,15H2,(H2,25,29)(H,26,27)/t18-,19+,20-,22+/m0/s1. The van der Waals surface area contributed by atoms with Gasteiger partial charge in [0.05, 0.1) is 6.33 Å². The second kappa shape index (κ2) is 9.45. The molecule has 6 nitrogen and oxygen atoms in total. The Bertz CT molecular complexity index is 836. The highest BCUT2D eigenvalue weighted by atomic mass is 16.2. The first-order valence-corrected chi connectivity index (χ1v) is 11.2. The Labute approximate surface area is 178 Å². The Morgan fingerprint density at radius 2 is 1.90 bits per heavy atom. The van der Waals surface area contributed by atoms with E-state index in [0.717, 1.165) is 44.2 Å². The van der Waals surface area contributed by atoms with Crippen LogP contribution in [0.15, 0.2) is 42.9 Å². The van der Waals surface area contributed by atoms with Crippen LogP contribution in [-0.2, 0) is 22.6 Å². The summed E-state index contributed by atoms with van der Waals surface area (Å²) < 4.78 is 0. The summed E-state index contributed by atoms with van der Waals surface area (Å²) in [4.78, 5) is 33.6. The van der Waals surface area contributed by atoms with Crippen molar-refractivity contribution in [2.45, 2.75) is 64.0 Å². The van der Waals surface area contributed by atoms with Crippen molar-refractivity contribution in [3.63, 3.8) is 0 Å². The van der Waals surface area contributed by atoms with E-state index in [2.05, 4.69) is 27.0 Å². The van der Waals surface area contributed by atoms with Crippen LogP contribution in [0, 0.1) is 17.8 Å². The third kappa shape index (κ3) is 5.29. The van der Waals surface area contributed by atoms with Gasteiger partial charge in [0.1, 0.15) is 0 Å². The van der Waals surface area contributed by atoms with E-state index in [0.29, 0.717) is 43.2 Å². The average molecular weight is 409 g/mol. The molecule has 2 heterocycles. The molecule has 0 radical (unpaired) electrons. The predicted octanol–water partition coefficient (Wildman–Crippen LogP) is 3.44. The maximum absolute atomic E-state index is 12.6. The minimum absolute atomic E-state index is 0.206. The molecule has 0 spiro atoms. The third-order valence-electron chi connectivity index (χ3n) is 6.81. The molecular formula is C24H32N4O2. The van der Waals surface area contributed by atoms with Gasteiger partial charge in [-0.3, -0.25) is 9.59 Å². The molecule has 30 heavy (non-hydrogen) atoms. The number of nitrogens with two attached hydrogens (primary N) is 1. The van der Waals surface area contributed by atoms with Gasteiger partial charge in [-0.2, -0.15) is 0 Å². The van der Waals surface area contributed by atoms with Crippen LogP contribution in [0.3, 0.4) is 0 Å². The lowest BCUT2D eigenvalue weighted by Crippen LogP contribution is -2.36. The molecule has 4 atom stereocenters. The number of amides is 2. The van der Waals surface area contributed by atoms with Gasteiger partial charge < -0.3 is 15.6 Å². The summed E-state index contributed by atoms with van der Waals surface area (Å²) in [6, 6.07) is 10.5. The first-order chi connectivity index (χ1) is 14.6. The smallest absolute Gasteiger partial charge is 0.223 e. The molecule has 2 aromatic rings. The molecule has 1 aromatic carbocycles. The molecule has 0 bridgehead atoms. The van der Waals surface area contributed by atoms with Crippen LogP contribution >= 0.6 is 0 Å². The largest absolute Gasteiger partial charge is 0.370 e. The van der Waals surface area contributed by atoms with E-state index in [9.17, 15) is 9.59 Å². The van der Waals surface area contributed by atoms with Crippen LogP contribution < -0.4 is 5.73 Å². The number of imidazole rings is 1. The number of H-pyrrole nitrogens is 1. The summed E-state index contributed by atoms with van der Waals surface area (Å²) in [7, 11) is 0. The quantitative estimate of drug-likeness (QED) is 0.701. The van der Waals surface area contributed by atoms with Gasteiger partial charge >= 0.3 is 0 Å². The lowest BCUT2D eigenvalue weighted by atomic mass is 9.70.